The van der Waals surface area contributed by atoms with Gasteiger partial charge in [0.25, 0.3) is 0 Å². The van der Waals surface area contributed by atoms with Crippen LogP contribution >= 0.6 is 0 Å². The SMILES string of the molecule is CO[C@H]1/C=C/C=C/C=C/C[C@H](OC(=O)[C@@H](C)NC(=O)CC(C)C)[C@H](C)[C@@H](O)/C(C)=C\CCc2cc(O)cc(c2)NC(=O)C1. The molecule has 9 heteroatoms. The van der Waals surface area contributed by atoms with E-state index < -0.39 is 36.2 Å². The van der Waals surface area contributed by atoms with Crippen LogP contribution in [0, 0.1) is 11.8 Å². The maximum absolute atomic E-state index is 12.9. The van der Waals surface area contributed by atoms with E-state index in [0.29, 0.717) is 31.4 Å². The number of aliphatic hydroxyl groups is 1. The van der Waals surface area contributed by atoms with E-state index in [4.69, 9.17) is 9.47 Å². The number of amides is 2. The number of carbonyl (C=O) groups excluding carboxylic acids is 3. The fourth-order valence-corrected chi connectivity index (χ4v) is 4.68. The number of methoxy groups -OCH3 is 1. The number of phenolic OH excluding ortho intramolecular Hbond substituents is 1. The van der Waals surface area contributed by atoms with Gasteiger partial charge >= 0.3 is 5.97 Å². The van der Waals surface area contributed by atoms with Crippen LogP contribution in [0.25, 0.3) is 0 Å². The first-order valence-corrected chi connectivity index (χ1v) is 14.9. The Bertz CT molecular complexity index is 1200. The first-order chi connectivity index (χ1) is 20.4. The number of esters is 1. The lowest BCUT2D eigenvalue weighted by Gasteiger charge is -2.29. The summed E-state index contributed by atoms with van der Waals surface area (Å²) in [7, 11) is 1.53. The Morgan fingerprint density at radius 3 is 2.53 bits per heavy atom. The van der Waals surface area contributed by atoms with Gasteiger partial charge in [-0.25, -0.2) is 4.79 Å². The summed E-state index contributed by atoms with van der Waals surface area (Å²) in [6.07, 6.45) is 12.7. The molecule has 9 nitrogen and oxygen atoms in total. The van der Waals surface area contributed by atoms with Gasteiger partial charge in [-0.15, -0.1) is 0 Å². The van der Waals surface area contributed by atoms with Gasteiger partial charge < -0.3 is 30.3 Å². The Hall–Kier alpha value is -3.69. The largest absolute Gasteiger partial charge is 0.508 e. The number of rotatable bonds is 6. The van der Waals surface area contributed by atoms with Crippen LogP contribution in [0.2, 0.25) is 0 Å². The molecule has 0 aromatic heterocycles. The van der Waals surface area contributed by atoms with E-state index in [9.17, 15) is 24.6 Å². The molecule has 1 aliphatic rings. The van der Waals surface area contributed by atoms with Crippen molar-refractivity contribution in [2.45, 2.75) is 91.1 Å². The summed E-state index contributed by atoms with van der Waals surface area (Å²) in [5.74, 6) is -1.26. The summed E-state index contributed by atoms with van der Waals surface area (Å²) in [5, 5.41) is 26.9. The van der Waals surface area contributed by atoms with Crippen LogP contribution in [0.4, 0.5) is 5.69 Å². The lowest BCUT2D eigenvalue weighted by atomic mass is 9.90. The van der Waals surface area contributed by atoms with Gasteiger partial charge in [0, 0.05) is 37.6 Å². The maximum Gasteiger partial charge on any atom is 0.328 e. The first kappa shape index (κ1) is 35.5. The number of carbonyl (C=O) groups is 3. The van der Waals surface area contributed by atoms with Crippen LogP contribution in [0.5, 0.6) is 5.75 Å². The van der Waals surface area contributed by atoms with Crippen LogP contribution in [0.1, 0.15) is 65.9 Å². The molecule has 1 aliphatic heterocycles. The van der Waals surface area contributed by atoms with Crippen molar-refractivity contribution in [1.29, 1.82) is 0 Å². The molecule has 236 valence electrons. The van der Waals surface area contributed by atoms with Crippen LogP contribution < -0.4 is 10.6 Å². The van der Waals surface area contributed by atoms with Crippen LogP contribution in [-0.2, 0) is 30.3 Å². The molecule has 0 unspecified atom stereocenters. The third kappa shape index (κ3) is 13.0. The lowest BCUT2D eigenvalue weighted by Crippen LogP contribution is -2.43. The molecule has 0 saturated carbocycles. The van der Waals surface area contributed by atoms with Crippen molar-refractivity contribution in [1.82, 2.24) is 5.32 Å². The lowest BCUT2D eigenvalue weighted by molar-refractivity contribution is -0.156. The predicted octanol–water partition coefficient (Wildman–Crippen LogP) is 5.15. The molecule has 0 aliphatic carbocycles. The number of fused-ring (bicyclic) bond motifs is 2. The van der Waals surface area contributed by atoms with Crippen molar-refractivity contribution in [2.24, 2.45) is 11.8 Å². The summed E-state index contributed by atoms with van der Waals surface area (Å²) in [5.41, 5.74) is 2.04. The van der Waals surface area contributed by atoms with E-state index in [1.807, 2.05) is 52.0 Å². The molecule has 1 aromatic carbocycles. The Morgan fingerprint density at radius 2 is 1.84 bits per heavy atom. The van der Waals surface area contributed by atoms with Crippen molar-refractivity contribution < 1.29 is 34.1 Å². The zero-order valence-electron chi connectivity index (χ0n) is 26.2. The molecule has 2 rings (SSSR count). The average molecular weight is 597 g/mol. The highest BCUT2D eigenvalue weighted by Gasteiger charge is 2.29. The summed E-state index contributed by atoms with van der Waals surface area (Å²) in [6, 6.07) is 4.12. The molecule has 0 fully saturated rings. The Kier molecular flexibility index (Phi) is 14.9. The highest BCUT2D eigenvalue weighted by atomic mass is 16.5. The molecular weight excluding hydrogens is 548 g/mol. The zero-order chi connectivity index (χ0) is 31.9. The standard InChI is InChI=1S/C34H48N2O7/c1-22(2)17-31(38)35-25(5)34(41)43-30-16-11-9-7-8-10-15-29(42-6)21-32(39)36-27-18-26(19-28(37)20-27)14-12-13-23(3)33(40)24(30)4/h7-11,13,15,18-20,22,24-25,29-30,33,37,40H,12,14,16-17,21H2,1-6H3,(H,35,38)(H,36,39)/b8-7+,11-9+,15-10+,23-13-/t24-,25+,29-,30-,33-/m0/s1. The van der Waals surface area contributed by atoms with Gasteiger partial charge in [0.15, 0.2) is 0 Å². The number of hydrogen-bond acceptors (Lipinski definition) is 7. The molecule has 1 aromatic rings. The van der Waals surface area contributed by atoms with E-state index in [1.165, 1.54) is 13.2 Å². The third-order valence-electron chi connectivity index (χ3n) is 7.16. The summed E-state index contributed by atoms with van der Waals surface area (Å²) in [4.78, 5) is 37.7. The Labute approximate surface area is 255 Å². The van der Waals surface area contributed by atoms with Crippen molar-refractivity contribution in [2.75, 3.05) is 12.4 Å². The van der Waals surface area contributed by atoms with Crippen molar-refractivity contribution in [3.8, 4) is 5.75 Å². The second kappa shape index (κ2) is 18.1. The van der Waals surface area contributed by atoms with Gasteiger partial charge in [-0.2, -0.15) is 0 Å². The van der Waals surface area contributed by atoms with E-state index in [1.54, 1.807) is 37.3 Å². The minimum absolute atomic E-state index is 0.0423. The molecule has 0 spiro atoms. The highest BCUT2D eigenvalue weighted by molar-refractivity contribution is 5.91. The topological polar surface area (TPSA) is 134 Å². The Balaban J connectivity index is 2.30. The maximum atomic E-state index is 12.9. The zero-order valence-corrected chi connectivity index (χ0v) is 26.2. The summed E-state index contributed by atoms with van der Waals surface area (Å²) in [6.45, 7) is 9.11. The monoisotopic (exact) mass is 596 g/mol. The second-order valence-corrected chi connectivity index (χ2v) is 11.5. The molecule has 2 bridgehead atoms. The van der Waals surface area contributed by atoms with E-state index >= 15 is 0 Å². The van der Waals surface area contributed by atoms with Crippen molar-refractivity contribution in [3.05, 3.63) is 71.9 Å². The van der Waals surface area contributed by atoms with Crippen molar-refractivity contribution in [3.63, 3.8) is 0 Å². The fraction of sp³-hybridized carbons (Fsp3) is 0.500. The van der Waals surface area contributed by atoms with Crippen molar-refractivity contribution >= 4 is 23.5 Å². The number of ether oxygens (including phenoxy) is 2. The number of phenols is 1. The van der Waals surface area contributed by atoms with Gasteiger partial charge in [0.1, 0.15) is 17.9 Å². The van der Waals surface area contributed by atoms with Gasteiger partial charge in [-0.05, 0) is 55.9 Å². The van der Waals surface area contributed by atoms with Crippen LogP contribution in [0.15, 0.2) is 66.3 Å². The predicted molar refractivity (Wildman–Crippen MR) is 168 cm³/mol. The fourth-order valence-electron chi connectivity index (χ4n) is 4.68. The molecule has 2 amide bonds. The van der Waals surface area contributed by atoms with E-state index in [0.717, 1.165) is 11.1 Å². The normalized spacial score (nSPS) is 26.5. The minimum atomic E-state index is -0.880. The summed E-state index contributed by atoms with van der Waals surface area (Å²) < 4.78 is 11.3. The molecular formula is C34H48N2O7. The molecule has 0 saturated heterocycles. The van der Waals surface area contributed by atoms with Crippen LogP contribution in [-0.4, -0.2) is 59.5 Å². The smallest absolute Gasteiger partial charge is 0.328 e. The van der Waals surface area contributed by atoms with E-state index in [2.05, 4.69) is 10.6 Å². The molecule has 5 atom stereocenters. The molecule has 4 N–H and O–H groups in total. The minimum Gasteiger partial charge on any atom is -0.508 e. The highest BCUT2D eigenvalue weighted by Crippen LogP contribution is 2.24. The number of benzene rings is 1. The quantitative estimate of drug-likeness (QED) is 0.264. The van der Waals surface area contributed by atoms with Gasteiger partial charge in [-0.3, -0.25) is 9.59 Å². The number of anilines is 1. The van der Waals surface area contributed by atoms with Gasteiger partial charge in [-0.1, -0.05) is 63.3 Å². The number of hydrogen-bond donors (Lipinski definition) is 4. The number of nitrogens with one attached hydrogen (secondary N) is 2. The number of aryl methyl sites for hydroxylation is 1. The molecule has 43 heavy (non-hydrogen) atoms. The molecule has 0 radical (unpaired) electrons. The van der Waals surface area contributed by atoms with Gasteiger partial charge in [0.05, 0.1) is 18.6 Å². The third-order valence-corrected chi connectivity index (χ3v) is 7.16. The van der Waals surface area contributed by atoms with Gasteiger partial charge in [0.2, 0.25) is 11.8 Å². The van der Waals surface area contributed by atoms with E-state index in [-0.39, 0.29) is 29.9 Å². The summed E-state index contributed by atoms with van der Waals surface area (Å²) >= 11 is 0. The molecule has 1 heterocycles. The first-order valence-electron chi connectivity index (χ1n) is 14.9. The Morgan fingerprint density at radius 1 is 1.12 bits per heavy atom. The van der Waals surface area contributed by atoms with Crippen LogP contribution in [0.3, 0.4) is 0 Å². The average Bonchev–Trinajstić information content (AvgIpc) is 2.92. The number of allylic oxidation sites excluding steroid dienone is 5. The number of aromatic hydroxyl groups is 1. The number of aliphatic hydroxyl groups excluding tert-OH is 1. The second-order valence-electron chi connectivity index (χ2n) is 11.5.